The molecule has 0 bridgehead atoms. The molecule has 0 saturated heterocycles. The maximum Gasteiger partial charge on any atom is 0.258 e. The highest BCUT2D eigenvalue weighted by molar-refractivity contribution is 9.10. The van der Waals surface area contributed by atoms with Gasteiger partial charge in [-0.2, -0.15) is 0 Å². The fraction of sp³-hybridized carbons (Fsp3) is 0.176. The Kier molecular flexibility index (Phi) is 6.74. The van der Waals surface area contributed by atoms with Crippen molar-refractivity contribution in [2.24, 2.45) is 0 Å². The zero-order chi connectivity index (χ0) is 17.4. The first-order valence-electron chi connectivity index (χ1n) is 7.24. The number of nitrogens with one attached hydrogen (secondary N) is 2. The normalized spacial score (nSPS) is 10.1. The second kappa shape index (κ2) is 9.02. The van der Waals surface area contributed by atoms with Crippen LogP contribution in [-0.4, -0.2) is 31.5 Å². The summed E-state index contributed by atoms with van der Waals surface area (Å²) in [6, 6.07) is 13.1. The highest BCUT2D eigenvalue weighted by Crippen LogP contribution is 2.21. The van der Waals surface area contributed by atoms with Gasteiger partial charge in [0.25, 0.3) is 11.8 Å². The Bertz CT molecular complexity index is 710. The van der Waals surface area contributed by atoms with E-state index in [4.69, 9.17) is 4.74 Å². The first-order valence-corrected chi connectivity index (χ1v) is 8.03. The number of carbonyl (C=O) groups excluding carboxylic acids is 2. The van der Waals surface area contributed by atoms with Crippen LogP contribution in [-0.2, 0) is 4.79 Å². The van der Waals surface area contributed by atoms with Crippen LogP contribution in [0.4, 0.5) is 4.39 Å². The summed E-state index contributed by atoms with van der Waals surface area (Å²) >= 11 is 3.14. The first kappa shape index (κ1) is 17.9. The molecule has 2 aromatic carbocycles. The Hall–Kier alpha value is -2.41. The lowest BCUT2D eigenvalue weighted by Gasteiger charge is -2.09. The molecular weight excluding hydrogens is 379 g/mol. The standard InChI is InChI=1S/C17H16BrFN2O3/c18-13-6-7-15(14(19)10-13)24-11-16(22)20-8-9-21-17(23)12-4-2-1-3-5-12/h1-7,10H,8-9,11H2,(H,20,22)(H,21,23). The average Bonchev–Trinajstić information content (AvgIpc) is 2.58. The summed E-state index contributed by atoms with van der Waals surface area (Å²) in [5.41, 5.74) is 0.554. The molecule has 2 aromatic rings. The van der Waals surface area contributed by atoms with E-state index in [1.165, 1.54) is 12.1 Å². The average molecular weight is 395 g/mol. The third kappa shape index (κ3) is 5.66. The van der Waals surface area contributed by atoms with Crippen molar-refractivity contribution in [2.75, 3.05) is 19.7 Å². The summed E-state index contributed by atoms with van der Waals surface area (Å²) < 4.78 is 19.2. The minimum atomic E-state index is -0.549. The topological polar surface area (TPSA) is 67.4 Å². The number of benzene rings is 2. The highest BCUT2D eigenvalue weighted by Gasteiger charge is 2.08. The van der Waals surface area contributed by atoms with Crippen molar-refractivity contribution < 1.29 is 18.7 Å². The maximum atomic E-state index is 13.5. The summed E-state index contributed by atoms with van der Waals surface area (Å²) in [5.74, 6) is -1.15. The summed E-state index contributed by atoms with van der Waals surface area (Å²) in [4.78, 5) is 23.4. The van der Waals surface area contributed by atoms with Crippen LogP contribution in [0.3, 0.4) is 0 Å². The van der Waals surface area contributed by atoms with Crippen LogP contribution in [0.15, 0.2) is 53.0 Å². The number of amides is 2. The largest absolute Gasteiger partial charge is 0.481 e. The molecule has 24 heavy (non-hydrogen) atoms. The highest BCUT2D eigenvalue weighted by atomic mass is 79.9. The van der Waals surface area contributed by atoms with Gasteiger partial charge in [-0.1, -0.05) is 34.1 Å². The van der Waals surface area contributed by atoms with E-state index >= 15 is 0 Å². The van der Waals surface area contributed by atoms with Crippen molar-refractivity contribution >= 4 is 27.7 Å². The molecular formula is C17H16BrFN2O3. The number of ether oxygens (including phenoxy) is 1. The van der Waals surface area contributed by atoms with E-state index in [1.54, 1.807) is 30.3 Å². The predicted octanol–water partition coefficient (Wildman–Crippen LogP) is 2.51. The monoisotopic (exact) mass is 394 g/mol. The van der Waals surface area contributed by atoms with E-state index in [1.807, 2.05) is 6.07 Å². The van der Waals surface area contributed by atoms with E-state index in [0.717, 1.165) is 0 Å². The van der Waals surface area contributed by atoms with Crippen molar-refractivity contribution in [3.63, 3.8) is 0 Å². The molecule has 0 fully saturated rings. The van der Waals surface area contributed by atoms with Gasteiger partial charge in [0.1, 0.15) is 0 Å². The molecule has 0 heterocycles. The Morgan fingerprint density at radius 3 is 2.46 bits per heavy atom. The predicted molar refractivity (Wildman–Crippen MR) is 91.4 cm³/mol. The van der Waals surface area contributed by atoms with Gasteiger partial charge >= 0.3 is 0 Å². The molecule has 5 nitrogen and oxygen atoms in total. The van der Waals surface area contributed by atoms with E-state index in [9.17, 15) is 14.0 Å². The van der Waals surface area contributed by atoms with Gasteiger partial charge in [-0.15, -0.1) is 0 Å². The van der Waals surface area contributed by atoms with Crippen LogP contribution in [0.25, 0.3) is 0 Å². The summed E-state index contributed by atoms with van der Waals surface area (Å²) in [6.45, 7) is 0.237. The Balaban J connectivity index is 1.65. The van der Waals surface area contributed by atoms with Gasteiger partial charge < -0.3 is 15.4 Å². The number of carbonyl (C=O) groups is 2. The van der Waals surface area contributed by atoms with Gasteiger partial charge in [-0.25, -0.2) is 4.39 Å². The van der Waals surface area contributed by atoms with Crippen LogP contribution in [0, 0.1) is 5.82 Å². The Morgan fingerprint density at radius 1 is 1.04 bits per heavy atom. The minimum Gasteiger partial charge on any atom is -0.481 e. The van der Waals surface area contributed by atoms with Crippen molar-refractivity contribution in [3.8, 4) is 5.75 Å². The summed E-state index contributed by atoms with van der Waals surface area (Å²) in [6.07, 6.45) is 0. The molecule has 7 heteroatoms. The lowest BCUT2D eigenvalue weighted by atomic mass is 10.2. The fourth-order valence-electron chi connectivity index (χ4n) is 1.86. The van der Waals surface area contributed by atoms with E-state index in [2.05, 4.69) is 26.6 Å². The molecule has 0 aromatic heterocycles. The van der Waals surface area contributed by atoms with Gasteiger partial charge in [-0.05, 0) is 30.3 Å². The molecule has 0 aliphatic rings. The van der Waals surface area contributed by atoms with Crippen molar-refractivity contribution in [1.82, 2.24) is 10.6 Å². The van der Waals surface area contributed by atoms with E-state index < -0.39 is 11.7 Å². The molecule has 0 aliphatic carbocycles. The molecule has 0 saturated carbocycles. The number of hydrogen-bond acceptors (Lipinski definition) is 3. The Labute approximate surface area is 147 Å². The molecule has 2 N–H and O–H groups in total. The lowest BCUT2D eigenvalue weighted by molar-refractivity contribution is -0.123. The van der Waals surface area contributed by atoms with Crippen molar-refractivity contribution in [3.05, 3.63) is 64.4 Å². The molecule has 0 aliphatic heterocycles. The van der Waals surface area contributed by atoms with Gasteiger partial charge in [-0.3, -0.25) is 9.59 Å². The molecule has 126 valence electrons. The van der Waals surface area contributed by atoms with Gasteiger partial charge in [0.15, 0.2) is 18.2 Å². The maximum absolute atomic E-state index is 13.5. The van der Waals surface area contributed by atoms with E-state index in [0.29, 0.717) is 10.0 Å². The van der Waals surface area contributed by atoms with Gasteiger partial charge in [0.05, 0.1) is 0 Å². The van der Waals surface area contributed by atoms with Crippen molar-refractivity contribution in [1.29, 1.82) is 0 Å². The summed E-state index contributed by atoms with van der Waals surface area (Å²) in [7, 11) is 0. The zero-order valence-corrected chi connectivity index (χ0v) is 14.3. The van der Waals surface area contributed by atoms with E-state index in [-0.39, 0.29) is 31.4 Å². The van der Waals surface area contributed by atoms with Gasteiger partial charge in [0.2, 0.25) is 0 Å². The number of halogens is 2. The molecule has 0 atom stereocenters. The second-order valence-electron chi connectivity index (χ2n) is 4.84. The Morgan fingerprint density at radius 2 is 1.75 bits per heavy atom. The fourth-order valence-corrected chi connectivity index (χ4v) is 2.19. The van der Waals surface area contributed by atoms with Gasteiger partial charge in [0, 0.05) is 23.1 Å². The first-order chi connectivity index (χ1) is 11.6. The lowest BCUT2D eigenvalue weighted by Crippen LogP contribution is -2.36. The van der Waals surface area contributed by atoms with Crippen LogP contribution < -0.4 is 15.4 Å². The number of rotatable bonds is 7. The quantitative estimate of drug-likeness (QED) is 0.709. The smallest absolute Gasteiger partial charge is 0.258 e. The second-order valence-corrected chi connectivity index (χ2v) is 5.75. The number of hydrogen-bond donors (Lipinski definition) is 2. The van der Waals surface area contributed by atoms with Crippen LogP contribution >= 0.6 is 15.9 Å². The van der Waals surface area contributed by atoms with Crippen molar-refractivity contribution in [2.45, 2.75) is 0 Å². The molecule has 2 amide bonds. The van der Waals surface area contributed by atoms with Crippen LogP contribution in [0.5, 0.6) is 5.75 Å². The third-order valence-corrected chi connectivity index (χ3v) is 3.51. The minimum absolute atomic E-state index is 0.00531. The van der Waals surface area contributed by atoms with Crippen LogP contribution in [0.2, 0.25) is 0 Å². The SMILES string of the molecule is O=C(COc1ccc(Br)cc1F)NCCNC(=O)c1ccccc1. The molecule has 0 spiro atoms. The van der Waals surface area contributed by atoms with Crippen LogP contribution in [0.1, 0.15) is 10.4 Å². The third-order valence-electron chi connectivity index (χ3n) is 3.02. The zero-order valence-electron chi connectivity index (χ0n) is 12.7. The molecule has 2 rings (SSSR count). The molecule has 0 radical (unpaired) electrons. The molecule has 0 unspecified atom stereocenters. The summed E-state index contributed by atoms with van der Waals surface area (Å²) in [5, 5.41) is 5.26.